The number of oxazole rings is 1. The van der Waals surface area contributed by atoms with Crippen molar-refractivity contribution in [2.24, 2.45) is 0 Å². The molecule has 0 fully saturated rings. The first kappa shape index (κ1) is 13.1. The zero-order valence-electron chi connectivity index (χ0n) is 10.2. The van der Waals surface area contributed by atoms with Crippen LogP contribution in [0.2, 0.25) is 0 Å². The van der Waals surface area contributed by atoms with Crippen molar-refractivity contribution < 1.29 is 13.9 Å². The van der Waals surface area contributed by atoms with E-state index in [2.05, 4.69) is 22.6 Å². The number of fused-ring (bicyclic) bond motifs is 1. The van der Waals surface area contributed by atoms with Crippen molar-refractivity contribution in [3.63, 3.8) is 0 Å². The van der Waals surface area contributed by atoms with Crippen molar-refractivity contribution in [2.75, 3.05) is 0 Å². The molecule has 96 valence electrons. The summed E-state index contributed by atoms with van der Waals surface area (Å²) in [6.07, 6.45) is -0.729. The maximum absolute atomic E-state index is 11.9. The number of aromatic nitrogens is 1. The quantitative estimate of drug-likeness (QED) is 0.677. The zero-order chi connectivity index (χ0) is 13.5. The number of carbonyl (C=O) groups is 1. The van der Waals surface area contributed by atoms with Gasteiger partial charge in [0.2, 0.25) is 0 Å². The van der Waals surface area contributed by atoms with Crippen molar-refractivity contribution in [3.05, 3.63) is 32.3 Å². The Labute approximate surface area is 117 Å². The Morgan fingerprint density at radius 3 is 2.67 bits per heavy atom. The van der Waals surface area contributed by atoms with Crippen LogP contribution in [-0.2, 0) is 4.74 Å². The van der Waals surface area contributed by atoms with Gasteiger partial charge >= 0.3 is 11.8 Å². The highest BCUT2D eigenvalue weighted by Crippen LogP contribution is 2.18. The van der Waals surface area contributed by atoms with E-state index in [1.54, 1.807) is 39.0 Å². The number of hydrogen-bond acceptors (Lipinski definition) is 4. The van der Waals surface area contributed by atoms with Gasteiger partial charge in [0.25, 0.3) is 0 Å². The third-order valence-electron chi connectivity index (χ3n) is 2.12. The molecular formula is C12H12INO4. The van der Waals surface area contributed by atoms with Gasteiger partial charge in [0.05, 0.1) is 0 Å². The van der Waals surface area contributed by atoms with Gasteiger partial charge in [-0.15, -0.1) is 0 Å². The Morgan fingerprint density at radius 1 is 1.39 bits per heavy atom. The third-order valence-corrected chi connectivity index (χ3v) is 2.79. The van der Waals surface area contributed by atoms with E-state index in [-0.39, 0.29) is 0 Å². The Morgan fingerprint density at radius 2 is 2.06 bits per heavy atom. The van der Waals surface area contributed by atoms with Gasteiger partial charge in [0.1, 0.15) is 11.1 Å². The van der Waals surface area contributed by atoms with Gasteiger partial charge in [-0.25, -0.2) is 9.59 Å². The second-order valence-electron chi connectivity index (χ2n) is 4.80. The van der Waals surface area contributed by atoms with E-state index in [1.165, 1.54) is 0 Å². The van der Waals surface area contributed by atoms with Gasteiger partial charge in [-0.2, -0.15) is 4.57 Å². The molecule has 5 nitrogen and oxygen atoms in total. The van der Waals surface area contributed by atoms with E-state index in [1.807, 2.05) is 0 Å². The van der Waals surface area contributed by atoms with Gasteiger partial charge in [-0.1, -0.05) is 0 Å². The summed E-state index contributed by atoms with van der Waals surface area (Å²) in [4.78, 5) is 23.6. The van der Waals surface area contributed by atoms with Crippen LogP contribution in [0.4, 0.5) is 4.79 Å². The molecule has 1 heterocycles. The van der Waals surface area contributed by atoms with Crippen molar-refractivity contribution in [1.29, 1.82) is 0 Å². The molecule has 0 bridgehead atoms. The number of carbonyl (C=O) groups excluding carboxylic acids is 1. The number of halogens is 1. The SMILES string of the molecule is CC(C)(C)OC(=O)n1c(=O)oc2cc(I)ccc21. The lowest BCUT2D eigenvalue weighted by Gasteiger charge is -2.18. The van der Waals surface area contributed by atoms with Crippen LogP contribution in [0.15, 0.2) is 27.4 Å². The number of rotatable bonds is 0. The standard InChI is InChI=1S/C12H12INO4/c1-12(2,3)18-11(16)14-8-5-4-7(13)6-9(8)17-10(14)15/h4-6H,1-3H3. The van der Waals surface area contributed by atoms with Gasteiger partial charge in [-0.3, -0.25) is 0 Å². The molecule has 0 N–H and O–H groups in total. The Hall–Kier alpha value is -1.31. The van der Waals surface area contributed by atoms with E-state index in [0.717, 1.165) is 8.14 Å². The lowest BCUT2D eigenvalue weighted by Crippen LogP contribution is -2.31. The average Bonchev–Trinajstić information content (AvgIpc) is 2.50. The molecule has 0 saturated heterocycles. The minimum absolute atomic E-state index is 0.373. The number of benzene rings is 1. The summed E-state index contributed by atoms with van der Waals surface area (Å²) in [7, 11) is 0. The summed E-state index contributed by atoms with van der Waals surface area (Å²) < 4.78 is 12.0. The zero-order valence-corrected chi connectivity index (χ0v) is 12.3. The number of nitrogens with zero attached hydrogens (tertiary/aromatic N) is 1. The van der Waals surface area contributed by atoms with Crippen molar-refractivity contribution >= 4 is 39.8 Å². The molecule has 6 heteroatoms. The Kier molecular flexibility index (Phi) is 3.22. The highest BCUT2D eigenvalue weighted by molar-refractivity contribution is 14.1. The molecule has 2 aromatic rings. The lowest BCUT2D eigenvalue weighted by atomic mass is 10.2. The molecule has 0 unspecified atom stereocenters. The Bertz CT molecular complexity index is 663. The predicted octanol–water partition coefficient (Wildman–Crippen LogP) is 2.98. The largest absolute Gasteiger partial charge is 0.443 e. The van der Waals surface area contributed by atoms with Crippen LogP contribution in [0.1, 0.15) is 20.8 Å². The first-order chi connectivity index (χ1) is 8.28. The van der Waals surface area contributed by atoms with Crippen molar-refractivity contribution in [3.8, 4) is 0 Å². The normalized spacial score (nSPS) is 11.8. The van der Waals surface area contributed by atoms with E-state index < -0.39 is 17.5 Å². The number of hydrogen-bond donors (Lipinski definition) is 0. The second-order valence-corrected chi connectivity index (χ2v) is 6.04. The van der Waals surface area contributed by atoms with E-state index >= 15 is 0 Å². The van der Waals surface area contributed by atoms with E-state index in [0.29, 0.717) is 11.1 Å². The maximum Gasteiger partial charge on any atom is 0.429 e. The molecule has 2 rings (SSSR count). The van der Waals surface area contributed by atoms with Crippen LogP contribution in [0.25, 0.3) is 11.1 Å². The smallest absolute Gasteiger partial charge is 0.429 e. The number of ether oxygens (including phenoxy) is 1. The lowest BCUT2D eigenvalue weighted by molar-refractivity contribution is 0.0532. The minimum Gasteiger partial charge on any atom is -0.443 e. The maximum atomic E-state index is 11.9. The van der Waals surface area contributed by atoms with Crippen LogP contribution >= 0.6 is 22.6 Å². The molecular weight excluding hydrogens is 349 g/mol. The van der Waals surface area contributed by atoms with Crippen LogP contribution in [0.5, 0.6) is 0 Å². The predicted molar refractivity (Wildman–Crippen MR) is 74.8 cm³/mol. The molecule has 0 aliphatic rings. The molecule has 18 heavy (non-hydrogen) atoms. The van der Waals surface area contributed by atoms with Crippen LogP contribution < -0.4 is 5.76 Å². The van der Waals surface area contributed by atoms with Crippen LogP contribution in [0.3, 0.4) is 0 Å². The summed E-state index contributed by atoms with van der Waals surface area (Å²) in [6, 6.07) is 5.14. The van der Waals surface area contributed by atoms with Crippen molar-refractivity contribution in [2.45, 2.75) is 26.4 Å². The summed E-state index contributed by atoms with van der Waals surface area (Å²) >= 11 is 2.10. The summed E-state index contributed by atoms with van der Waals surface area (Å²) in [6.45, 7) is 5.21. The summed E-state index contributed by atoms with van der Waals surface area (Å²) in [5.41, 5.74) is 0.121. The van der Waals surface area contributed by atoms with Gasteiger partial charge < -0.3 is 9.15 Å². The highest BCUT2D eigenvalue weighted by atomic mass is 127. The molecule has 0 spiro atoms. The molecule has 0 saturated carbocycles. The monoisotopic (exact) mass is 361 g/mol. The van der Waals surface area contributed by atoms with Gasteiger partial charge in [-0.05, 0) is 61.6 Å². The third kappa shape index (κ3) is 2.58. The molecule has 1 aromatic heterocycles. The topological polar surface area (TPSA) is 61.4 Å². The molecule has 0 radical (unpaired) electrons. The molecule has 0 aliphatic carbocycles. The Balaban J connectivity index is 2.54. The summed E-state index contributed by atoms with van der Waals surface area (Å²) in [5, 5.41) is 0. The van der Waals surface area contributed by atoms with Gasteiger partial charge in [0, 0.05) is 3.57 Å². The molecule has 0 aliphatic heterocycles. The first-order valence-corrected chi connectivity index (χ1v) is 6.40. The highest BCUT2D eigenvalue weighted by Gasteiger charge is 2.22. The molecule has 0 amide bonds. The fourth-order valence-corrected chi connectivity index (χ4v) is 1.94. The molecule has 1 aromatic carbocycles. The average molecular weight is 361 g/mol. The van der Waals surface area contributed by atoms with Crippen molar-refractivity contribution in [1.82, 2.24) is 4.57 Å². The first-order valence-electron chi connectivity index (χ1n) is 5.32. The fraction of sp³-hybridized carbons (Fsp3) is 0.333. The second kappa shape index (κ2) is 4.42. The molecule has 0 atom stereocenters. The minimum atomic E-state index is -0.735. The van der Waals surface area contributed by atoms with Gasteiger partial charge in [0.15, 0.2) is 5.58 Å². The van der Waals surface area contributed by atoms with E-state index in [4.69, 9.17) is 9.15 Å². The summed E-state index contributed by atoms with van der Waals surface area (Å²) in [5.74, 6) is -0.735. The fourth-order valence-electron chi connectivity index (χ4n) is 1.47. The van der Waals surface area contributed by atoms with E-state index in [9.17, 15) is 9.59 Å². The van der Waals surface area contributed by atoms with Crippen LogP contribution in [-0.4, -0.2) is 16.3 Å². The van der Waals surface area contributed by atoms with Crippen LogP contribution in [0, 0.1) is 3.57 Å².